The van der Waals surface area contributed by atoms with Crippen molar-refractivity contribution in [2.24, 2.45) is 5.16 Å². The van der Waals surface area contributed by atoms with Crippen LogP contribution in [0.5, 0.6) is 0 Å². The Morgan fingerprint density at radius 1 is 1.44 bits per heavy atom. The van der Waals surface area contributed by atoms with Crippen LogP contribution in [0.4, 0.5) is 0 Å². The number of nitrogens with zero attached hydrogens (tertiary/aromatic N) is 2. The summed E-state index contributed by atoms with van der Waals surface area (Å²) >= 11 is 0. The van der Waals surface area contributed by atoms with Gasteiger partial charge in [-0.15, -0.1) is 5.06 Å². The number of hydroxylamine groups is 2. The third kappa shape index (κ3) is 1.48. The number of rotatable bonds is 0. The Kier molecular flexibility index (Phi) is 2.26. The van der Waals surface area contributed by atoms with E-state index in [-0.39, 0.29) is 17.2 Å². The second kappa shape index (κ2) is 3.48. The van der Waals surface area contributed by atoms with E-state index in [0.717, 1.165) is 5.06 Å². The SMILES string of the molecule is CC(=O)N1O/C(=C2\C(=O)ON=C2C)C=C1C. The minimum Gasteiger partial charge on any atom is -0.371 e. The van der Waals surface area contributed by atoms with Crippen LogP contribution in [0.1, 0.15) is 20.8 Å². The maximum absolute atomic E-state index is 11.3. The summed E-state index contributed by atoms with van der Waals surface area (Å²) in [6, 6.07) is 0. The fraction of sp³-hybridized carbons (Fsp3) is 0.300. The molecule has 0 spiro atoms. The summed E-state index contributed by atoms with van der Waals surface area (Å²) in [4.78, 5) is 32.3. The molecule has 0 bridgehead atoms. The zero-order chi connectivity index (χ0) is 11.9. The maximum Gasteiger partial charge on any atom is 0.371 e. The molecular weight excluding hydrogens is 212 g/mol. The van der Waals surface area contributed by atoms with E-state index in [1.807, 2.05) is 0 Å². The molecule has 2 rings (SSSR count). The molecule has 0 aromatic rings. The molecule has 0 aromatic carbocycles. The molecular formula is C10H10N2O4. The van der Waals surface area contributed by atoms with Crippen LogP contribution in [0.25, 0.3) is 0 Å². The van der Waals surface area contributed by atoms with E-state index in [0.29, 0.717) is 11.4 Å². The van der Waals surface area contributed by atoms with Crippen molar-refractivity contribution >= 4 is 17.6 Å². The van der Waals surface area contributed by atoms with E-state index in [1.54, 1.807) is 19.9 Å². The highest BCUT2D eigenvalue weighted by Gasteiger charge is 2.32. The smallest absolute Gasteiger partial charge is 0.371 e. The topological polar surface area (TPSA) is 68.2 Å². The molecule has 0 atom stereocenters. The molecule has 0 radical (unpaired) electrons. The summed E-state index contributed by atoms with van der Waals surface area (Å²) in [6.45, 7) is 4.72. The van der Waals surface area contributed by atoms with Crippen molar-refractivity contribution in [1.29, 1.82) is 0 Å². The second-order valence-corrected chi connectivity index (χ2v) is 3.49. The minimum atomic E-state index is -0.568. The largest absolute Gasteiger partial charge is 0.371 e. The molecule has 2 aliphatic heterocycles. The van der Waals surface area contributed by atoms with Gasteiger partial charge in [-0.2, -0.15) is 0 Å². The summed E-state index contributed by atoms with van der Waals surface area (Å²) < 4.78 is 0. The third-order valence-corrected chi connectivity index (χ3v) is 2.21. The first-order valence-corrected chi connectivity index (χ1v) is 4.68. The minimum absolute atomic E-state index is 0.253. The quantitative estimate of drug-likeness (QED) is 0.450. The number of amides is 1. The molecule has 2 heterocycles. The Balaban J connectivity index is 2.39. The van der Waals surface area contributed by atoms with Crippen molar-refractivity contribution in [1.82, 2.24) is 5.06 Å². The molecule has 2 aliphatic rings. The molecule has 0 N–H and O–H groups in total. The summed E-state index contributed by atoms with van der Waals surface area (Å²) in [5, 5.41) is 4.65. The standard InChI is InChI=1S/C10H10N2O4/c1-5-4-8(16-12(5)7(3)13)9-6(2)11-15-10(9)14/h4H,1-3H3/b9-8-. The van der Waals surface area contributed by atoms with Gasteiger partial charge in [-0.05, 0) is 13.8 Å². The summed E-state index contributed by atoms with van der Waals surface area (Å²) in [7, 11) is 0. The molecule has 6 heteroatoms. The maximum atomic E-state index is 11.3. The zero-order valence-electron chi connectivity index (χ0n) is 9.10. The second-order valence-electron chi connectivity index (χ2n) is 3.49. The van der Waals surface area contributed by atoms with E-state index in [9.17, 15) is 9.59 Å². The van der Waals surface area contributed by atoms with E-state index < -0.39 is 5.97 Å². The first-order chi connectivity index (χ1) is 7.50. The van der Waals surface area contributed by atoms with E-state index in [4.69, 9.17) is 4.84 Å². The third-order valence-electron chi connectivity index (χ3n) is 2.21. The van der Waals surface area contributed by atoms with Crippen LogP contribution in [0.2, 0.25) is 0 Å². The van der Waals surface area contributed by atoms with Gasteiger partial charge in [0, 0.05) is 13.0 Å². The first kappa shape index (κ1) is 10.4. The summed E-state index contributed by atoms with van der Waals surface area (Å²) in [5.74, 6) is -0.538. The molecule has 0 unspecified atom stereocenters. The highest BCUT2D eigenvalue weighted by Crippen LogP contribution is 2.26. The lowest BCUT2D eigenvalue weighted by atomic mass is 10.1. The van der Waals surface area contributed by atoms with Crippen LogP contribution in [-0.2, 0) is 19.3 Å². The predicted octanol–water partition coefficient (Wildman–Crippen LogP) is 0.871. The Bertz CT molecular complexity index is 473. The lowest BCUT2D eigenvalue weighted by Gasteiger charge is -2.14. The van der Waals surface area contributed by atoms with Gasteiger partial charge < -0.3 is 9.68 Å². The van der Waals surface area contributed by atoms with E-state index in [2.05, 4.69) is 9.99 Å². The van der Waals surface area contributed by atoms with Crippen LogP contribution >= 0.6 is 0 Å². The molecule has 0 aromatic heterocycles. The van der Waals surface area contributed by atoms with Crippen LogP contribution in [0, 0.1) is 0 Å². The predicted molar refractivity (Wildman–Crippen MR) is 53.6 cm³/mol. The van der Waals surface area contributed by atoms with Crippen molar-refractivity contribution < 1.29 is 19.3 Å². The van der Waals surface area contributed by atoms with Gasteiger partial charge in [0.25, 0.3) is 5.91 Å². The fourth-order valence-electron chi connectivity index (χ4n) is 1.50. The fourth-order valence-corrected chi connectivity index (χ4v) is 1.50. The summed E-state index contributed by atoms with van der Waals surface area (Å²) in [6.07, 6.45) is 1.60. The van der Waals surface area contributed by atoms with Crippen molar-refractivity contribution in [2.75, 3.05) is 0 Å². The van der Waals surface area contributed by atoms with Crippen LogP contribution < -0.4 is 0 Å². The average molecular weight is 222 g/mol. The Hall–Kier alpha value is -2.11. The molecule has 6 nitrogen and oxygen atoms in total. The van der Waals surface area contributed by atoms with Gasteiger partial charge in [-0.25, -0.2) is 4.79 Å². The molecule has 0 saturated heterocycles. The highest BCUT2D eigenvalue weighted by atomic mass is 16.7. The van der Waals surface area contributed by atoms with Crippen molar-refractivity contribution in [3.8, 4) is 0 Å². The molecule has 0 saturated carbocycles. The number of oxime groups is 1. The van der Waals surface area contributed by atoms with Gasteiger partial charge in [-0.1, -0.05) is 5.16 Å². The zero-order valence-corrected chi connectivity index (χ0v) is 9.10. The Labute approximate surface area is 91.7 Å². The van der Waals surface area contributed by atoms with E-state index >= 15 is 0 Å². The van der Waals surface area contributed by atoms with Gasteiger partial charge in [0.1, 0.15) is 5.57 Å². The van der Waals surface area contributed by atoms with Crippen LogP contribution in [0.3, 0.4) is 0 Å². The normalized spacial score (nSPS) is 23.9. The van der Waals surface area contributed by atoms with Crippen molar-refractivity contribution in [3.63, 3.8) is 0 Å². The Morgan fingerprint density at radius 2 is 2.12 bits per heavy atom. The van der Waals surface area contributed by atoms with Gasteiger partial charge >= 0.3 is 5.97 Å². The summed E-state index contributed by atoms with van der Waals surface area (Å²) in [5.41, 5.74) is 1.31. The lowest BCUT2D eigenvalue weighted by Crippen LogP contribution is -2.23. The monoisotopic (exact) mass is 222 g/mol. The van der Waals surface area contributed by atoms with Gasteiger partial charge in [0.2, 0.25) is 0 Å². The number of carbonyl (C=O) groups excluding carboxylic acids is 2. The van der Waals surface area contributed by atoms with Crippen molar-refractivity contribution in [2.45, 2.75) is 20.8 Å². The van der Waals surface area contributed by atoms with Crippen LogP contribution in [0.15, 0.2) is 28.3 Å². The highest BCUT2D eigenvalue weighted by molar-refractivity contribution is 6.21. The van der Waals surface area contributed by atoms with Gasteiger partial charge in [0.15, 0.2) is 5.76 Å². The number of carbonyl (C=O) groups is 2. The molecule has 1 amide bonds. The molecule has 16 heavy (non-hydrogen) atoms. The van der Waals surface area contributed by atoms with E-state index in [1.165, 1.54) is 6.92 Å². The molecule has 0 fully saturated rings. The van der Waals surface area contributed by atoms with Crippen LogP contribution in [-0.4, -0.2) is 22.7 Å². The van der Waals surface area contributed by atoms with Gasteiger partial charge in [0.05, 0.1) is 11.4 Å². The number of allylic oxidation sites excluding steroid dienone is 2. The average Bonchev–Trinajstić information content (AvgIpc) is 2.70. The lowest BCUT2D eigenvalue weighted by molar-refractivity contribution is -0.155. The number of hydrogen-bond donors (Lipinski definition) is 0. The number of hydrogen-bond acceptors (Lipinski definition) is 5. The molecule has 0 aliphatic carbocycles. The first-order valence-electron chi connectivity index (χ1n) is 4.68. The molecule has 84 valence electrons. The van der Waals surface area contributed by atoms with Gasteiger partial charge in [-0.3, -0.25) is 4.79 Å². The van der Waals surface area contributed by atoms with Crippen molar-refractivity contribution in [3.05, 3.63) is 23.1 Å². The Morgan fingerprint density at radius 3 is 2.56 bits per heavy atom.